The van der Waals surface area contributed by atoms with Gasteiger partial charge in [-0.25, -0.2) is 4.98 Å². The van der Waals surface area contributed by atoms with E-state index >= 15 is 0 Å². The summed E-state index contributed by atoms with van der Waals surface area (Å²) in [6.07, 6.45) is 4.54. The Labute approximate surface area is 83.7 Å². The first-order valence-corrected chi connectivity index (χ1v) is 4.83. The molecule has 0 saturated heterocycles. The van der Waals surface area contributed by atoms with Gasteiger partial charge in [0.25, 0.3) is 0 Å². The van der Waals surface area contributed by atoms with Gasteiger partial charge in [0.1, 0.15) is 6.26 Å². The molecule has 1 amide bonds. The lowest BCUT2D eigenvalue weighted by Gasteiger charge is -2.04. The van der Waals surface area contributed by atoms with Crippen LogP contribution in [0.25, 0.3) is 0 Å². The maximum Gasteiger partial charge on any atom is 0.220 e. The molecule has 0 aliphatic heterocycles. The molecule has 0 radical (unpaired) electrons. The van der Waals surface area contributed by atoms with Crippen molar-refractivity contribution < 1.29 is 9.21 Å². The Bertz CT molecular complexity index is 268. The molecule has 0 aliphatic carbocycles. The van der Waals surface area contributed by atoms with Crippen molar-refractivity contribution in [1.29, 1.82) is 0 Å². The first-order chi connectivity index (χ1) is 6.68. The van der Waals surface area contributed by atoms with Gasteiger partial charge in [-0.1, -0.05) is 13.8 Å². The second kappa shape index (κ2) is 5.42. The molecular weight excluding hydrogens is 180 g/mol. The molecule has 0 bridgehead atoms. The highest BCUT2D eigenvalue weighted by Gasteiger charge is 2.04. The second-order valence-electron chi connectivity index (χ2n) is 3.64. The standard InChI is InChI=1S/C10H16N2O2/c1-8(2)3-4-9(13)12-7-10-11-5-6-14-10/h5-6,8H,3-4,7H2,1-2H3,(H,12,13). The van der Waals surface area contributed by atoms with E-state index in [2.05, 4.69) is 24.1 Å². The molecule has 0 spiro atoms. The zero-order valence-electron chi connectivity index (χ0n) is 8.62. The minimum Gasteiger partial charge on any atom is -0.447 e. The molecular formula is C10H16N2O2. The Hall–Kier alpha value is -1.32. The predicted molar refractivity (Wildman–Crippen MR) is 52.4 cm³/mol. The summed E-state index contributed by atoms with van der Waals surface area (Å²) >= 11 is 0. The summed E-state index contributed by atoms with van der Waals surface area (Å²) in [5.41, 5.74) is 0. The van der Waals surface area contributed by atoms with Crippen molar-refractivity contribution in [2.45, 2.75) is 33.2 Å². The summed E-state index contributed by atoms with van der Waals surface area (Å²) in [5, 5.41) is 2.75. The van der Waals surface area contributed by atoms with E-state index in [1.54, 1.807) is 6.20 Å². The topological polar surface area (TPSA) is 55.1 Å². The van der Waals surface area contributed by atoms with Crippen molar-refractivity contribution in [3.8, 4) is 0 Å². The molecule has 1 aromatic heterocycles. The molecule has 0 aliphatic rings. The number of rotatable bonds is 5. The zero-order valence-corrected chi connectivity index (χ0v) is 8.62. The molecule has 1 N–H and O–H groups in total. The molecule has 1 heterocycles. The summed E-state index contributed by atoms with van der Waals surface area (Å²) in [5.74, 6) is 1.15. The van der Waals surface area contributed by atoms with E-state index in [-0.39, 0.29) is 5.91 Å². The van der Waals surface area contributed by atoms with Crippen molar-refractivity contribution >= 4 is 5.91 Å². The summed E-state index contributed by atoms with van der Waals surface area (Å²) in [6.45, 7) is 4.58. The highest BCUT2D eigenvalue weighted by atomic mass is 16.3. The third-order valence-corrected chi connectivity index (χ3v) is 1.87. The molecule has 78 valence electrons. The smallest absolute Gasteiger partial charge is 0.220 e. The van der Waals surface area contributed by atoms with Crippen molar-refractivity contribution in [1.82, 2.24) is 10.3 Å². The van der Waals surface area contributed by atoms with Crippen LogP contribution in [-0.2, 0) is 11.3 Å². The van der Waals surface area contributed by atoms with Crippen LogP contribution in [0.1, 0.15) is 32.6 Å². The average molecular weight is 196 g/mol. The number of aromatic nitrogens is 1. The Balaban J connectivity index is 2.15. The summed E-state index contributed by atoms with van der Waals surface area (Å²) in [7, 11) is 0. The third-order valence-electron chi connectivity index (χ3n) is 1.87. The number of hydrogen-bond acceptors (Lipinski definition) is 3. The molecule has 1 rings (SSSR count). The number of nitrogens with zero attached hydrogens (tertiary/aromatic N) is 1. The van der Waals surface area contributed by atoms with E-state index in [9.17, 15) is 4.79 Å². The van der Waals surface area contributed by atoms with Gasteiger partial charge in [-0.2, -0.15) is 0 Å². The fourth-order valence-corrected chi connectivity index (χ4v) is 1.02. The van der Waals surface area contributed by atoms with Crippen LogP contribution in [0.5, 0.6) is 0 Å². The summed E-state index contributed by atoms with van der Waals surface area (Å²) in [4.78, 5) is 15.2. The molecule has 1 aromatic rings. The van der Waals surface area contributed by atoms with E-state index in [0.29, 0.717) is 24.8 Å². The van der Waals surface area contributed by atoms with Gasteiger partial charge in [-0.05, 0) is 12.3 Å². The SMILES string of the molecule is CC(C)CCC(=O)NCc1ncco1. The number of amides is 1. The lowest BCUT2D eigenvalue weighted by atomic mass is 10.1. The molecule has 0 fully saturated rings. The van der Waals surface area contributed by atoms with Gasteiger partial charge in [0.15, 0.2) is 0 Å². The molecule has 0 saturated carbocycles. The molecule has 14 heavy (non-hydrogen) atoms. The fourth-order valence-electron chi connectivity index (χ4n) is 1.02. The highest BCUT2D eigenvalue weighted by Crippen LogP contribution is 2.03. The van der Waals surface area contributed by atoms with Crippen LogP contribution < -0.4 is 5.32 Å². The van der Waals surface area contributed by atoms with Gasteiger partial charge in [0, 0.05) is 6.42 Å². The maximum atomic E-state index is 11.3. The van der Waals surface area contributed by atoms with Crippen LogP contribution >= 0.6 is 0 Å². The van der Waals surface area contributed by atoms with Crippen LogP contribution in [0.3, 0.4) is 0 Å². The van der Waals surface area contributed by atoms with Gasteiger partial charge >= 0.3 is 0 Å². The molecule has 4 nitrogen and oxygen atoms in total. The molecule has 4 heteroatoms. The van der Waals surface area contributed by atoms with Crippen molar-refractivity contribution in [2.24, 2.45) is 5.92 Å². The van der Waals surface area contributed by atoms with Crippen molar-refractivity contribution in [2.75, 3.05) is 0 Å². The molecule has 0 atom stereocenters. The van der Waals surface area contributed by atoms with Gasteiger partial charge in [0.05, 0.1) is 12.7 Å². The Kier molecular flexibility index (Phi) is 4.16. The normalized spacial score (nSPS) is 10.5. The lowest BCUT2D eigenvalue weighted by molar-refractivity contribution is -0.121. The summed E-state index contributed by atoms with van der Waals surface area (Å²) in [6, 6.07) is 0. The number of carbonyl (C=O) groups is 1. The molecule has 0 unspecified atom stereocenters. The van der Waals surface area contributed by atoms with E-state index in [0.717, 1.165) is 6.42 Å². The highest BCUT2D eigenvalue weighted by molar-refractivity contribution is 5.75. The van der Waals surface area contributed by atoms with E-state index in [4.69, 9.17) is 4.42 Å². The zero-order chi connectivity index (χ0) is 10.4. The van der Waals surface area contributed by atoms with Crippen molar-refractivity contribution in [3.63, 3.8) is 0 Å². The van der Waals surface area contributed by atoms with E-state index in [1.165, 1.54) is 6.26 Å². The maximum absolute atomic E-state index is 11.3. The minimum atomic E-state index is 0.0527. The predicted octanol–water partition coefficient (Wildman–Crippen LogP) is 1.73. The average Bonchev–Trinajstić information content (AvgIpc) is 2.63. The molecule has 0 aromatic carbocycles. The first-order valence-electron chi connectivity index (χ1n) is 4.83. The minimum absolute atomic E-state index is 0.0527. The van der Waals surface area contributed by atoms with E-state index < -0.39 is 0 Å². The monoisotopic (exact) mass is 196 g/mol. The van der Waals surface area contributed by atoms with Crippen molar-refractivity contribution in [3.05, 3.63) is 18.4 Å². The third kappa shape index (κ3) is 4.07. The number of oxazole rings is 1. The van der Waals surface area contributed by atoms with Crippen LogP contribution in [0.2, 0.25) is 0 Å². The first kappa shape index (κ1) is 10.8. The number of nitrogens with one attached hydrogen (secondary N) is 1. The lowest BCUT2D eigenvalue weighted by Crippen LogP contribution is -2.22. The van der Waals surface area contributed by atoms with Gasteiger partial charge < -0.3 is 9.73 Å². The van der Waals surface area contributed by atoms with Gasteiger partial charge in [-0.3, -0.25) is 4.79 Å². The second-order valence-corrected chi connectivity index (χ2v) is 3.64. The van der Waals surface area contributed by atoms with Crippen LogP contribution in [-0.4, -0.2) is 10.9 Å². The fraction of sp³-hybridized carbons (Fsp3) is 0.600. The number of carbonyl (C=O) groups excluding carboxylic acids is 1. The quantitative estimate of drug-likeness (QED) is 0.780. The van der Waals surface area contributed by atoms with Gasteiger partial charge in [0.2, 0.25) is 11.8 Å². The van der Waals surface area contributed by atoms with Crippen LogP contribution in [0, 0.1) is 5.92 Å². The van der Waals surface area contributed by atoms with Crippen LogP contribution in [0.15, 0.2) is 16.9 Å². The Morgan fingerprint density at radius 2 is 2.43 bits per heavy atom. The van der Waals surface area contributed by atoms with Gasteiger partial charge in [-0.15, -0.1) is 0 Å². The Morgan fingerprint density at radius 1 is 1.64 bits per heavy atom. The van der Waals surface area contributed by atoms with E-state index in [1.807, 2.05) is 0 Å². The Morgan fingerprint density at radius 3 is 3.00 bits per heavy atom. The van der Waals surface area contributed by atoms with Crippen LogP contribution in [0.4, 0.5) is 0 Å². The largest absolute Gasteiger partial charge is 0.447 e. The number of hydrogen-bond donors (Lipinski definition) is 1. The summed E-state index contributed by atoms with van der Waals surface area (Å²) < 4.78 is 4.98.